The third-order valence-electron chi connectivity index (χ3n) is 4.21. The van der Waals surface area contributed by atoms with Crippen LogP contribution >= 0.6 is 0 Å². The van der Waals surface area contributed by atoms with E-state index in [-0.39, 0.29) is 0 Å². The molecule has 1 spiro atoms. The van der Waals surface area contributed by atoms with Crippen LogP contribution in [-0.4, -0.2) is 21.3 Å². The van der Waals surface area contributed by atoms with Crippen LogP contribution < -0.4 is 5.32 Å². The molecule has 1 unspecified atom stereocenters. The molecule has 1 aromatic rings. The van der Waals surface area contributed by atoms with Crippen molar-refractivity contribution >= 4 is 6.20 Å². The van der Waals surface area contributed by atoms with Crippen LogP contribution in [0.15, 0.2) is 6.08 Å². The summed E-state index contributed by atoms with van der Waals surface area (Å²) in [5.74, 6) is 2.24. The summed E-state index contributed by atoms with van der Waals surface area (Å²) in [6, 6.07) is 0.423. The van der Waals surface area contributed by atoms with Gasteiger partial charge in [-0.15, -0.1) is 10.2 Å². The summed E-state index contributed by atoms with van der Waals surface area (Å²) in [4.78, 5) is 0. The van der Waals surface area contributed by atoms with Crippen molar-refractivity contribution in [1.29, 1.82) is 0 Å². The van der Waals surface area contributed by atoms with Crippen LogP contribution in [0.1, 0.15) is 43.4 Å². The van der Waals surface area contributed by atoms with Crippen molar-refractivity contribution in [1.82, 2.24) is 20.1 Å². The molecular weight excluding hydrogens is 200 g/mol. The zero-order chi connectivity index (χ0) is 10.6. The van der Waals surface area contributed by atoms with Crippen LogP contribution in [0.3, 0.4) is 0 Å². The minimum atomic E-state index is 0.423. The van der Waals surface area contributed by atoms with Crippen LogP contribution in [0.2, 0.25) is 0 Å². The first-order chi connectivity index (χ1) is 7.86. The van der Waals surface area contributed by atoms with Gasteiger partial charge in [-0.05, 0) is 31.1 Å². The van der Waals surface area contributed by atoms with E-state index in [1.54, 1.807) is 0 Å². The lowest BCUT2D eigenvalue weighted by atomic mass is 10.0. The summed E-state index contributed by atoms with van der Waals surface area (Å²) in [6.07, 6.45) is 10.5. The van der Waals surface area contributed by atoms with Crippen molar-refractivity contribution in [2.24, 2.45) is 5.41 Å². The first-order valence-corrected chi connectivity index (χ1v) is 6.20. The number of aromatic nitrogens is 3. The first kappa shape index (κ1) is 8.93. The van der Waals surface area contributed by atoms with Crippen molar-refractivity contribution in [3.05, 3.63) is 17.7 Å². The Morgan fingerprint density at radius 2 is 2.31 bits per heavy atom. The molecule has 1 aromatic heterocycles. The average Bonchev–Trinajstić information content (AvgIpc) is 2.75. The fourth-order valence-corrected chi connectivity index (χ4v) is 2.96. The lowest BCUT2D eigenvalue weighted by Gasteiger charge is -2.13. The molecular formula is C12H16N4. The maximum absolute atomic E-state index is 4.37. The number of hydrogen-bond acceptors (Lipinski definition) is 3. The van der Waals surface area contributed by atoms with Gasteiger partial charge in [-0.2, -0.15) is 0 Å². The number of nitrogens with zero attached hydrogens (tertiary/aromatic N) is 3. The van der Waals surface area contributed by atoms with E-state index in [1.165, 1.54) is 25.8 Å². The Kier molecular flexibility index (Phi) is 1.64. The molecule has 3 aliphatic rings. The fourth-order valence-electron chi connectivity index (χ4n) is 2.96. The Labute approximate surface area is 94.8 Å². The summed E-state index contributed by atoms with van der Waals surface area (Å²) < 4.78 is 2.18. The molecule has 0 radical (unpaired) electrons. The van der Waals surface area contributed by atoms with Gasteiger partial charge in [0.1, 0.15) is 5.82 Å². The fraction of sp³-hybridized carbons (Fsp3) is 0.667. The number of aryl methyl sites for hydroxylation is 1. The van der Waals surface area contributed by atoms with Gasteiger partial charge in [0.2, 0.25) is 0 Å². The Hall–Kier alpha value is -1.16. The quantitative estimate of drug-likeness (QED) is 0.773. The van der Waals surface area contributed by atoms with Crippen LogP contribution in [0.4, 0.5) is 0 Å². The summed E-state index contributed by atoms with van der Waals surface area (Å²) in [7, 11) is 0. The maximum atomic E-state index is 4.37. The first-order valence-electron chi connectivity index (χ1n) is 6.20. The average molecular weight is 216 g/mol. The number of nitrogens with one attached hydrogen (secondary N) is 1. The number of rotatable bonds is 1. The molecule has 0 aromatic carbocycles. The Morgan fingerprint density at radius 1 is 1.38 bits per heavy atom. The summed E-state index contributed by atoms with van der Waals surface area (Å²) in [5, 5.41) is 12.3. The normalized spacial score (nSPS) is 29.6. The van der Waals surface area contributed by atoms with Crippen molar-refractivity contribution in [3.63, 3.8) is 0 Å². The maximum Gasteiger partial charge on any atom is 0.154 e. The minimum Gasteiger partial charge on any atom is -0.307 e. The van der Waals surface area contributed by atoms with Crippen LogP contribution in [-0.2, 0) is 6.42 Å². The van der Waals surface area contributed by atoms with E-state index in [2.05, 4.69) is 32.4 Å². The molecule has 1 atom stereocenters. The van der Waals surface area contributed by atoms with E-state index >= 15 is 0 Å². The highest BCUT2D eigenvalue weighted by Crippen LogP contribution is 2.54. The van der Waals surface area contributed by atoms with E-state index in [9.17, 15) is 0 Å². The van der Waals surface area contributed by atoms with Crippen molar-refractivity contribution in [2.75, 3.05) is 6.54 Å². The van der Waals surface area contributed by atoms with E-state index in [1.807, 2.05) is 0 Å². The number of fused-ring (bicyclic) bond motifs is 1. The Balaban J connectivity index is 1.68. The molecule has 1 aliphatic carbocycles. The largest absolute Gasteiger partial charge is 0.307 e. The molecule has 4 rings (SSSR count). The number of allylic oxidation sites excluding steroid dienone is 1. The van der Waals surface area contributed by atoms with Gasteiger partial charge in [-0.3, -0.25) is 4.57 Å². The van der Waals surface area contributed by atoms with Gasteiger partial charge in [0.25, 0.3) is 0 Å². The van der Waals surface area contributed by atoms with Gasteiger partial charge >= 0.3 is 0 Å². The van der Waals surface area contributed by atoms with E-state index in [0.717, 1.165) is 24.5 Å². The number of hydrogen-bond donors (Lipinski definition) is 1. The monoisotopic (exact) mass is 216 g/mol. The van der Waals surface area contributed by atoms with Crippen LogP contribution in [0.25, 0.3) is 6.20 Å². The van der Waals surface area contributed by atoms with Crippen molar-refractivity contribution in [2.45, 2.75) is 38.1 Å². The summed E-state index contributed by atoms with van der Waals surface area (Å²) in [6.45, 7) is 1.17. The van der Waals surface area contributed by atoms with Crippen molar-refractivity contribution in [3.8, 4) is 0 Å². The second-order valence-electron chi connectivity index (χ2n) is 5.41. The van der Waals surface area contributed by atoms with Gasteiger partial charge in [-0.25, -0.2) is 0 Å². The van der Waals surface area contributed by atoms with Crippen molar-refractivity contribution < 1.29 is 0 Å². The molecule has 1 N–H and O–H groups in total. The van der Waals surface area contributed by atoms with Gasteiger partial charge in [0.15, 0.2) is 5.82 Å². The highest BCUT2D eigenvalue weighted by molar-refractivity contribution is 5.31. The highest BCUT2D eigenvalue weighted by Gasteiger charge is 2.49. The molecule has 4 heteroatoms. The Morgan fingerprint density at radius 3 is 3.12 bits per heavy atom. The molecule has 84 valence electrons. The van der Waals surface area contributed by atoms with Gasteiger partial charge in [0.05, 0.1) is 6.04 Å². The zero-order valence-corrected chi connectivity index (χ0v) is 9.32. The highest BCUT2D eigenvalue weighted by atomic mass is 15.3. The molecule has 1 saturated carbocycles. The van der Waals surface area contributed by atoms with E-state index < -0.39 is 0 Å². The lowest BCUT2D eigenvalue weighted by Crippen LogP contribution is -2.18. The van der Waals surface area contributed by atoms with Gasteiger partial charge in [0, 0.05) is 19.2 Å². The minimum absolute atomic E-state index is 0.423. The second kappa shape index (κ2) is 2.94. The third-order valence-corrected chi connectivity index (χ3v) is 4.21. The smallest absolute Gasteiger partial charge is 0.154 e. The van der Waals surface area contributed by atoms with Crippen LogP contribution in [0, 0.1) is 5.41 Å². The second-order valence-corrected chi connectivity index (χ2v) is 5.41. The Bertz CT molecular complexity index is 456. The van der Waals surface area contributed by atoms with Gasteiger partial charge < -0.3 is 5.32 Å². The molecule has 16 heavy (non-hydrogen) atoms. The molecule has 1 saturated heterocycles. The third kappa shape index (κ3) is 1.19. The van der Waals surface area contributed by atoms with Gasteiger partial charge in [-0.1, -0.05) is 6.08 Å². The molecule has 2 aliphatic heterocycles. The molecule has 2 fully saturated rings. The topological polar surface area (TPSA) is 42.7 Å². The van der Waals surface area contributed by atoms with Crippen LogP contribution in [0.5, 0.6) is 0 Å². The van der Waals surface area contributed by atoms with E-state index in [4.69, 9.17) is 0 Å². The molecule has 0 amide bonds. The predicted octanol–water partition coefficient (Wildman–Crippen LogP) is 1.51. The summed E-state index contributed by atoms with van der Waals surface area (Å²) in [5.41, 5.74) is 0.620. The zero-order valence-electron chi connectivity index (χ0n) is 9.32. The standard InChI is InChI=1S/C12H16N4/c1-2-6-16-10(3-1)14-15-11(16)9-7-12(4-5-12)8-13-9/h2,6,9,13H,1,3-5,7-8H2. The molecule has 3 heterocycles. The molecule has 4 nitrogen and oxygen atoms in total. The lowest BCUT2D eigenvalue weighted by molar-refractivity contribution is 0.536. The van der Waals surface area contributed by atoms with E-state index in [0.29, 0.717) is 11.5 Å². The molecule has 0 bridgehead atoms. The SMILES string of the molecule is C1=Cn2c(nnc2C2CC3(CC3)CN2)CC1. The summed E-state index contributed by atoms with van der Waals surface area (Å²) >= 11 is 0. The predicted molar refractivity (Wildman–Crippen MR) is 60.7 cm³/mol.